The second-order valence-corrected chi connectivity index (χ2v) is 5.04. The minimum atomic E-state index is -0.887. The van der Waals surface area contributed by atoms with Gasteiger partial charge in [0.2, 0.25) is 0 Å². The van der Waals surface area contributed by atoms with Gasteiger partial charge in [0.15, 0.2) is 0 Å². The molecule has 0 fully saturated rings. The van der Waals surface area contributed by atoms with E-state index in [1.807, 2.05) is 13.8 Å². The predicted molar refractivity (Wildman–Crippen MR) is 69.1 cm³/mol. The quantitative estimate of drug-likeness (QED) is 0.837. The number of aliphatic carboxylic acids is 1. The molecule has 0 heterocycles. The van der Waals surface area contributed by atoms with E-state index in [-0.39, 0.29) is 5.92 Å². The molecule has 1 aromatic rings. The van der Waals surface area contributed by atoms with Crippen LogP contribution in [0.2, 0.25) is 5.02 Å². The van der Waals surface area contributed by atoms with Crippen molar-refractivity contribution in [1.82, 2.24) is 5.32 Å². The Morgan fingerprint density at radius 1 is 1.50 bits per heavy atom. The zero-order valence-electron chi connectivity index (χ0n) is 10.4. The first-order chi connectivity index (χ1) is 8.40. The third-order valence-electron chi connectivity index (χ3n) is 2.56. The number of carboxylic acids is 1. The summed E-state index contributed by atoms with van der Waals surface area (Å²) in [7, 11) is 0. The first-order valence-corrected chi connectivity index (χ1v) is 6.18. The molecule has 1 aromatic carbocycles. The molecule has 0 aliphatic rings. The van der Waals surface area contributed by atoms with Gasteiger partial charge in [-0.2, -0.15) is 0 Å². The lowest BCUT2D eigenvalue weighted by molar-refractivity contribution is -0.140. The van der Waals surface area contributed by atoms with Crippen molar-refractivity contribution in [3.05, 3.63) is 34.6 Å². The number of hydrogen-bond acceptors (Lipinski definition) is 2. The highest BCUT2D eigenvalue weighted by atomic mass is 35.5. The number of nitrogens with one attached hydrogen (secondary N) is 1. The molecule has 0 aliphatic carbocycles. The number of benzene rings is 1. The molecule has 18 heavy (non-hydrogen) atoms. The molecule has 0 saturated heterocycles. The standard InChI is InChI=1S/C13H17ClFNO2/c1-8(2)5-12(13(17)18)16-7-9-3-4-10(15)6-11(9)14/h3-4,6,8,12,16H,5,7H2,1-2H3,(H,17,18). The van der Waals surface area contributed by atoms with Gasteiger partial charge in [0.05, 0.1) is 0 Å². The molecule has 0 aromatic heterocycles. The second-order valence-electron chi connectivity index (χ2n) is 4.64. The van der Waals surface area contributed by atoms with Crippen LogP contribution in [-0.2, 0) is 11.3 Å². The van der Waals surface area contributed by atoms with Gasteiger partial charge in [0, 0.05) is 11.6 Å². The maximum atomic E-state index is 12.8. The molecule has 5 heteroatoms. The summed E-state index contributed by atoms with van der Waals surface area (Å²) in [6.07, 6.45) is 0.536. The van der Waals surface area contributed by atoms with Crippen LogP contribution in [0.3, 0.4) is 0 Å². The fourth-order valence-electron chi connectivity index (χ4n) is 1.64. The minimum absolute atomic E-state index is 0.280. The lowest BCUT2D eigenvalue weighted by Crippen LogP contribution is -2.37. The van der Waals surface area contributed by atoms with Crippen molar-refractivity contribution in [3.63, 3.8) is 0 Å². The van der Waals surface area contributed by atoms with Crippen LogP contribution >= 0.6 is 11.6 Å². The van der Waals surface area contributed by atoms with Crippen molar-refractivity contribution in [3.8, 4) is 0 Å². The van der Waals surface area contributed by atoms with Crippen molar-refractivity contribution >= 4 is 17.6 Å². The molecule has 0 aliphatic heterocycles. The monoisotopic (exact) mass is 273 g/mol. The van der Waals surface area contributed by atoms with E-state index in [0.29, 0.717) is 23.6 Å². The van der Waals surface area contributed by atoms with Gasteiger partial charge in [0.25, 0.3) is 0 Å². The molecule has 1 unspecified atom stereocenters. The summed E-state index contributed by atoms with van der Waals surface area (Å²) in [5.41, 5.74) is 0.688. The third kappa shape index (κ3) is 4.63. The van der Waals surface area contributed by atoms with E-state index >= 15 is 0 Å². The van der Waals surface area contributed by atoms with Crippen molar-refractivity contribution in [2.45, 2.75) is 32.9 Å². The molecule has 2 N–H and O–H groups in total. The molecule has 0 saturated carbocycles. The fraction of sp³-hybridized carbons (Fsp3) is 0.462. The van der Waals surface area contributed by atoms with Gasteiger partial charge in [-0.05, 0) is 30.0 Å². The van der Waals surface area contributed by atoms with Gasteiger partial charge in [0.1, 0.15) is 11.9 Å². The fourth-order valence-corrected chi connectivity index (χ4v) is 1.88. The minimum Gasteiger partial charge on any atom is -0.480 e. The van der Waals surface area contributed by atoms with Crippen LogP contribution in [0.5, 0.6) is 0 Å². The Hall–Kier alpha value is -1.13. The molecule has 100 valence electrons. The van der Waals surface area contributed by atoms with E-state index in [2.05, 4.69) is 5.32 Å². The van der Waals surface area contributed by atoms with E-state index in [0.717, 1.165) is 0 Å². The number of hydrogen-bond donors (Lipinski definition) is 2. The molecule has 0 bridgehead atoms. The Labute approximate surface area is 111 Å². The number of carbonyl (C=O) groups is 1. The first kappa shape index (κ1) is 14.9. The zero-order chi connectivity index (χ0) is 13.7. The lowest BCUT2D eigenvalue weighted by Gasteiger charge is -2.16. The number of halogens is 2. The topological polar surface area (TPSA) is 49.3 Å². The lowest BCUT2D eigenvalue weighted by atomic mass is 10.0. The van der Waals surface area contributed by atoms with Gasteiger partial charge in [-0.1, -0.05) is 31.5 Å². The van der Waals surface area contributed by atoms with Crippen LogP contribution in [0.15, 0.2) is 18.2 Å². The average molecular weight is 274 g/mol. The molecule has 1 rings (SSSR count). The summed E-state index contributed by atoms with van der Waals surface area (Å²) < 4.78 is 12.8. The summed E-state index contributed by atoms with van der Waals surface area (Å²) in [4.78, 5) is 11.0. The smallest absolute Gasteiger partial charge is 0.320 e. The maximum Gasteiger partial charge on any atom is 0.320 e. The molecule has 0 radical (unpaired) electrons. The summed E-state index contributed by atoms with van der Waals surface area (Å²) in [6.45, 7) is 4.23. The summed E-state index contributed by atoms with van der Waals surface area (Å²) in [5, 5.41) is 12.3. The normalized spacial score (nSPS) is 12.7. The van der Waals surface area contributed by atoms with Gasteiger partial charge in [-0.3, -0.25) is 4.79 Å². The first-order valence-electron chi connectivity index (χ1n) is 5.80. The van der Waals surface area contributed by atoms with E-state index in [1.165, 1.54) is 12.1 Å². The van der Waals surface area contributed by atoms with Crippen molar-refractivity contribution in [1.29, 1.82) is 0 Å². The van der Waals surface area contributed by atoms with Crippen LogP contribution in [0, 0.1) is 11.7 Å². The Morgan fingerprint density at radius 2 is 2.17 bits per heavy atom. The van der Waals surface area contributed by atoms with Crippen molar-refractivity contribution in [2.24, 2.45) is 5.92 Å². The largest absolute Gasteiger partial charge is 0.480 e. The van der Waals surface area contributed by atoms with E-state index in [9.17, 15) is 9.18 Å². The molecule has 3 nitrogen and oxygen atoms in total. The van der Waals surface area contributed by atoms with Gasteiger partial charge >= 0.3 is 5.97 Å². The summed E-state index contributed by atoms with van der Waals surface area (Å²) in [5.74, 6) is -1.01. The average Bonchev–Trinajstić information content (AvgIpc) is 2.25. The maximum absolute atomic E-state index is 12.8. The number of carboxylic acid groups (broad SMARTS) is 1. The predicted octanol–water partition coefficient (Wildman–Crippen LogP) is 3.07. The Bertz CT molecular complexity index is 423. The third-order valence-corrected chi connectivity index (χ3v) is 2.91. The highest BCUT2D eigenvalue weighted by molar-refractivity contribution is 6.31. The van der Waals surface area contributed by atoms with Gasteiger partial charge < -0.3 is 10.4 Å². The Balaban J connectivity index is 2.64. The van der Waals surface area contributed by atoms with Gasteiger partial charge in [-0.25, -0.2) is 4.39 Å². The van der Waals surface area contributed by atoms with E-state index < -0.39 is 17.8 Å². The number of rotatable bonds is 6. The molecule has 0 amide bonds. The van der Waals surface area contributed by atoms with E-state index in [1.54, 1.807) is 6.07 Å². The highest BCUT2D eigenvalue weighted by Gasteiger charge is 2.18. The van der Waals surface area contributed by atoms with Crippen LogP contribution in [0.25, 0.3) is 0 Å². The molecule has 1 atom stereocenters. The molecule has 0 spiro atoms. The summed E-state index contributed by atoms with van der Waals surface area (Å²) in [6, 6.07) is 3.46. The van der Waals surface area contributed by atoms with Crippen LogP contribution in [-0.4, -0.2) is 17.1 Å². The molecular weight excluding hydrogens is 257 g/mol. The van der Waals surface area contributed by atoms with Crippen molar-refractivity contribution < 1.29 is 14.3 Å². The molecular formula is C13H17ClFNO2. The van der Waals surface area contributed by atoms with Crippen molar-refractivity contribution in [2.75, 3.05) is 0 Å². The van der Waals surface area contributed by atoms with E-state index in [4.69, 9.17) is 16.7 Å². The van der Waals surface area contributed by atoms with Gasteiger partial charge in [-0.15, -0.1) is 0 Å². The van der Waals surface area contributed by atoms with Crippen LogP contribution < -0.4 is 5.32 Å². The Morgan fingerprint density at radius 3 is 2.67 bits per heavy atom. The highest BCUT2D eigenvalue weighted by Crippen LogP contribution is 2.17. The SMILES string of the molecule is CC(C)CC(NCc1ccc(F)cc1Cl)C(=O)O. The van der Waals surface area contributed by atoms with Crippen LogP contribution in [0.4, 0.5) is 4.39 Å². The zero-order valence-corrected chi connectivity index (χ0v) is 11.2. The van der Waals surface area contributed by atoms with Crippen LogP contribution in [0.1, 0.15) is 25.8 Å². The second kappa shape index (κ2) is 6.71. The Kier molecular flexibility index (Phi) is 5.56. The summed E-state index contributed by atoms with van der Waals surface area (Å²) >= 11 is 5.87.